The monoisotopic (exact) mass is 189 g/mol. The third-order valence-electron chi connectivity index (χ3n) is 0.938. The summed E-state index contributed by atoms with van der Waals surface area (Å²) in [5.74, 6) is -0.115. The van der Waals surface area contributed by atoms with Gasteiger partial charge in [-0.2, -0.15) is 0 Å². The van der Waals surface area contributed by atoms with Gasteiger partial charge < -0.3 is 16.4 Å². The first-order valence-electron chi connectivity index (χ1n) is 3.65. The summed E-state index contributed by atoms with van der Waals surface area (Å²) in [4.78, 5) is 11.1. The van der Waals surface area contributed by atoms with Gasteiger partial charge in [0, 0.05) is 5.54 Å². The molecule has 0 saturated heterocycles. The largest absolute Gasteiger partial charge is 0.376 e. The summed E-state index contributed by atoms with van der Waals surface area (Å²) in [7, 11) is 0. The van der Waals surface area contributed by atoms with Gasteiger partial charge in [-0.25, -0.2) is 0 Å². The third-order valence-corrected chi connectivity index (χ3v) is 1.08. The molecule has 0 spiro atoms. The highest BCUT2D eigenvalue weighted by Crippen LogP contribution is 1.96. The van der Waals surface area contributed by atoms with E-state index in [0.717, 1.165) is 0 Å². The molecule has 0 unspecified atom stereocenters. The minimum Gasteiger partial charge on any atom is -0.376 e. The number of thiocarbonyl (C=S) groups is 1. The molecule has 70 valence electrons. The van der Waals surface area contributed by atoms with Crippen molar-refractivity contribution < 1.29 is 4.79 Å². The van der Waals surface area contributed by atoms with Gasteiger partial charge in [-0.05, 0) is 33.0 Å². The Morgan fingerprint density at radius 1 is 1.50 bits per heavy atom. The molecule has 0 rings (SSSR count). The van der Waals surface area contributed by atoms with Gasteiger partial charge in [-0.3, -0.25) is 4.79 Å². The summed E-state index contributed by atoms with van der Waals surface area (Å²) in [6.45, 7) is 5.86. The third kappa shape index (κ3) is 7.27. The molecule has 0 aliphatic carbocycles. The van der Waals surface area contributed by atoms with Crippen LogP contribution in [0.3, 0.4) is 0 Å². The molecule has 0 heterocycles. The molecule has 1 amide bonds. The van der Waals surface area contributed by atoms with Crippen molar-refractivity contribution in [3.63, 3.8) is 0 Å². The molecule has 0 saturated carbocycles. The number of amides is 1. The first-order valence-corrected chi connectivity index (χ1v) is 4.06. The molecule has 12 heavy (non-hydrogen) atoms. The summed E-state index contributed by atoms with van der Waals surface area (Å²) in [6.07, 6.45) is 0. The van der Waals surface area contributed by atoms with Crippen LogP contribution in [0.25, 0.3) is 0 Å². The first-order chi connectivity index (χ1) is 5.31. The van der Waals surface area contributed by atoms with Crippen molar-refractivity contribution >= 4 is 23.2 Å². The van der Waals surface area contributed by atoms with Gasteiger partial charge in [0.2, 0.25) is 5.91 Å². The lowest BCUT2D eigenvalue weighted by molar-refractivity contribution is -0.121. The summed E-state index contributed by atoms with van der Waals surface area (Å²) < 4.78 is 0. The Kier molecular flexibility index (Phi) is 3.95. The number of rotatable bonds is 2. The first kappa shape index (κ1) is 11.2. The second kappa shape index (κ2) is 4.25. The summed E-state index contributed by atoms with van der Waals surface area (Å²) in [6, 6.07) is 0. The minimum atomic E-state index is -0.213. The van der Waals surface area contributed by atoms with E-state index in [1.807, 2.05) is 20.8 Å². The Bertz CT molecular complexity index is 186. The number of nitrogens with one attached hydrogen (secondary N) is 2. The molecule has 0 radical (unpaired) electrons. The number of nitrogens with two attached hydrogens (primary N) is 1. The molecular weight excluding hydrogens is 174 g/mol. The van der Waals surface area contributed by atoms with E-state index in [0.29, 0.717) is 0 Å². The topological polar surface area (TPSA) is 67.2 Å². The number of hydrogen-bond donors (Lipinski definition) is 3. The van der Waals surface area contributed by atoms with Gasteiger partial charge in [-0.1, -0.05) is 0 Å². The lowest BCUT2D eigenvalue weighted by atomic mass is 10.1. The zero-order chi connectivity index (χ0) is 9.78. The molecule has 0 aromatic rings. The van der Waals surface area contributed by atoms with Crippen LogP contribution in [-0.2, 0) is 4.79 Å². The predicted octanol–water partition coefficient (Wildman–Crippen LogP) is -0.266. The molecule has 0 aliphatic rings. The van der Waals surface area contributed by atoms with Crippen molar-refractivity contribution in [1.82, 2.24) is 10.6 Å². The van der Waals surface area contributed by atoms with Gasteiger partial charge in [-0.15, -0.1) is 0 Å². The second-order valence-electron chi connectivity index (χ2n) is 3.52. The number of carbonyl (C=O) groups is 1. The number of carbonyl (C=O) groups excluding carboxylic acids is 1. The van der Waals surface area contributed by atoms with Crippen LogP contribution in [0.5, 0.6) is 0 Å². The van der Waals surface area contributed by atoms with Gasteiger partial charge in [0.15, 0.2) is 5.11 Å². The second-order valence-corrected chi connectivity index (χ2v) is 3.96. The van der Waals surface area contributed by atoms with E-state index in [4.69, 9.17) is 5.73 Å². The Morgan fingerprint density at radius 2 is 2.00 bits per heavy atom. The molecule has 0 aromatic heterocycles. The maximum Gasteiger partial charge on any atom is 0.239 e. The molecule has 0 aromatic carbocycles. The van der Waals surface area contributed by atoms with Crippen molar-refractivity contribution in [2.75, 3.05) is 6.54 Å². The van der Waals surface area contributed by atoms with Crippen LogP contribution in [0.15, 0.2) is 0 Å². The van der Waals surface area contributed by atoms with Gasteiger partial charge >= 0.3 is 0 Å². The van der Waals surface area contributed by atoms with Crippen molar-refractivity contribution in [2.24, 2.45) is 5.73 Å². The summed E-state index contributed by atoms with van der Waals surface area (Å²) in [5, 5.41) is 5.46. The molecule has 4 nitrogen and oxygen atoms in total. The van der Waals surface area contributed by atoms with Gasteiger partial charge in [0.1, 0.15) is 0 Å². The number of hydrogen-bond acceptors (Lipinski definition) is 2. The zero-order valence-electron chi connectivity index (χ0n) is 7.60. The lowest BCUT2D eigenvalue weighted by Crippen LogP contribution is -2.46. The fourth-order valence-electron chi connectivity index (χ4n) is 0.630. The predicted molar refractivity (Wildman–Crippen MR) is 52.7 cm³/mol. The quantitative estimate of drug-likeness (QED) is 0.523. The minimum absolute atomic E-state index is 0.115. The van der Waals surface area contributed by atoms with E-state index in [2.05, 4.69) is 22.9 Å². The van der Waals surface area contributed by atoms with Crippen molar-refractivity contribution in [2.45, 2.75) is 26.3 Å². The van der Waals surface area contributed by atoms with E-state index in [-0.39, 0.29) is 23.1 Å². The van der Waals surface area contributed by atoms with Crippen molar-refractivity contribution in [3.05, 3.63) is 0 Å². The average Bonchev–Trinajstić information content (AvgIpc) is 1.79. The molecule has 0 bridgehead atoms. The Morgan fingerprint density at radius 3 is 2.33 bits per heavy atom. The van der Waals surface area contributed by atoms with Crippen LogP contribution in [-0.4, -0.2) is 23.1 Å². The van der Waals surface area contributed by atoms with Crippen LogP contribution in [0.4, 0.5) is 0 Å². The van der Waals surface area contributed by atoms with Crippen LogP contribution >= 0.6 is 12.2 Å². The van der Waals surface area contributed by atoms with E-state index in [1.54, 1.807) is 0 Å². The summed E-state index contributed by atoms with van der Waals surface area (Å²) in [5.41, 5.74) is 4.93. The highest BCUT2D eigenvalue weighted by Gasteiger charge is 2.12. The smallest absolute Gasteiger partial charge is 0.239 e. The van der Waals surface area contributed by atoms with E-state index in [9.17, 15) is 4.79 Å². The Balaban J connectivity index is 3.68. The Hall–Kier alpha value is -0.840. The van der Waals surface area contributed by atoms with Crippen LogP contribution in [0.2, 0.25) is 0 Å². The normalized spacial score (nSPS) is 10.6. The summed E-state index contributed by atoms with van der Waals surface area (Å²) >= 11 is 4.54. The maximum atomic E-state index is 11.1. The molecule has 0 fully saturated rings. The highest BCUT2D eigenvalue weighted by molar-refractivity contribution is 7.80. The average molecular weight is 189 g/mol. The van der Waals surface area contributed by atoms with Gasteiger partial charge in [0.05, 0.1) is 6.54 Å². The lowest BCUT2D eigenvalue weighted by Gasteiger charge is -2.20. The standard InChI is InChI=1S/C7H15N3OS/c1-7(2,3)10-5(11)4-9-6(8)12/h4H2,1-3H3,(H,10,11)(H3,8,9,12). The Labute approximate surface area is 77.9 Å². The van der Waals surface area contributed by atoms with E-state index >= 15 is 0 Å². The van der Waals surface area contributed by atoms with Crippen LogP contribution < -0.4 is 16.4 Å². The fraction of sp³-hybridized carbons (Fsp3) is 0.714. The fourth-order valence-corrected chi connectivity index (χ4v) is 0.702. The van der Waals surface area contributed by atoms with Crippen LogP contribution in [0, 0.1) is 0 Å². The van der Waals surface area contributed by atoms with Crippen molar-refractivity contribution in [1.29, 1.82) is 0 Å². The maximum absolute atomic E-state index is 11.1. The molecular formula is C7H15N3OS. The molecule has 4 N–H and O–H groups in total. The van der Waals surface area contributed by atoms with Crippen LogP contribution in [0.1, 0.15) is 20.8 Å². The van der Waals surface area contributed by atoms with Crippen molar-refractivity contribution in [3.8, 4) is 0 Å². The zero-order valence-corrected chi connectivity index (χ0v) is 8.42. The molecule has 5 heteroatoms. The molecule has 0 aliphatic heterocycles. The van der Waals surface area contributed by atoms with E-state index in [1.165, 1.54) is 0 Å². The van der Waals surface area contributed by atoms with E-state index < -0.39 is 0 Å². The highest BCUT2D eigenvalue weighted by atomic mass is 32.1. The SMILES string of the molecule is CC(C)(C)NC(=O)CNC(N)=S. The van der Waals surface area contributed by atoms with Gasteiger partial charge in [0.25, 0.3) is 0 Å². The molecule has 0 atom stereocenters.